The summed E-state index contributed by atoms with van der Waals surface area (Å²) in [5.74, 6) is 0. The van der Waals surface area contributed by atoms with E-state index in [-0.39, 0.29) is 5.69 Å². The molecule has 0 aliphatic rings. The average molecular weight is 195 g/mol. The maximum atomic E-state index is 10.4. The van der Waals surface area contributed by atoms with Gasteiger partial charge in [0.05, 0.1) is 9.85 Å². The second-order valence-electron chi connectivity index (χ2n) is 2.29. The van der Waals surface area contributed by atoms with Crippen molar-refractivity contribution < 1.29 is 9.85 Å². The third kappa shape index (κ3) is 1.61. The predicted molar refractivity (Wildman–Crippen MR) is 44.5 cm³/mol. The summed E-state index contributed by atoms with van der Waals surface area (Å²) in [7, 11) is 0. The molecule has 0 heterocycles. The standard InChI is InChI=1S/C6H3N4O4/c7-8-4-1-2-5(9(11)12)6(3-4)10(13)14/h1-3H/q+1. The van der Waals surface area contributed by atoms with Crippen molar-refractivity contribution in [3.8, 4) is 0 Å². The van der Waals surface area contributed by atoms with Crippen LogP contribution in [0, 0.1) is 25.6 Å². The molecule has 0 aromatic heterocycles. The van der Waals surface area contributed by atoms with Gasteiger partial charge in [-0.05, 0) is 0 Å². The maximum Gasteiger partial charge on any atom is 0.392 e. The zero-order valence-electron chi connectivity index (χ0n) is 6.65. The molecule has 1 aromatic rings. The predicted octanol–water partition coefficient (Wildman–Crippen LogP) is 1.99. The van der Waals surface area contributed by atoms with E-state index in [1.165, 1.54) is 0 Å². The molecule has 1 aromatic carbocycles. The van der Waals surface area contributed by atoms with Gasteiger partial charge in [0.2, 0.25) is 5.39 Å². The highest BCUT2D eigenvalue weighted by atomic mass is 16.6. The number of nitrogens with zero attached hydrogens (tertiary/aromatic N) is 4. The van der Waals surface area contributed by atoms with E-state index in [1.54, 1.807) is 0 Å². The fraction of sp³-hybridized carbons (Fsp3) is 0. The number of rotatable bonds is 2. The lowest BCUT2D eigenvalue weighted by Gasteiger charge is -1.90. The maximum absolute atomic E-state index is 10.4. The summed E-state index contributed by atoms with van der Waals surface area (Å²) in [5, 5.41) is 29.0. The van der Waals surface area contributed by atoms with Gasteiger partial charge in [-0.1, -0.05) is 0 Å². The van der Waals surface area contributed by atoms with Crippen molar-refractivity contribution in [2.45, 2.75) is 0 Å². The molecule has 0 radical (unpaired) electrons. The Balaban J connectivity index is 3.40. The Labute approximate surface area is 76.7 Å². The minimum Gasteiger partial charge on any atom is -0.258 e. The second kappa shape index (κ2) is 3.44. The first-order valence-electron chi connectivity index (χ1n) is 3.34. The van der Waals surface area contributed by atoms with Crippen molar-refractivity contribution >= 4 is 17.1 Å². The van der Waals surface area contributed by atoms with Gasteiger partial charge in [-0.25, -0.2) is 0 Å². The zero-order chi connectivity index (χ0) is 10.7. The molecule has 0 fully saturated rings. The molecule has 0 saturated carbocycles. The van der Waals surface area contributed by atoms with Gasteiger partial charge in [0.1, 0.15) is 6.07 Å². The molecule has 0 N–H and O–H groups in total. The summed E-state index contributed by atoms with van der Waals surface area (Å²) < 4.78 is 0. The molecule has 0 atom stereocenters. The Morgan fingerprint density at radius 3 is 2.14 bits per heavy atom. The first-order chi connectivity index (χ1) is 6.56. The van der Waals surface area contributed by atoms with Crippen molar-refractivity contribution in [2.75, 3.05) is 0 Å². The molecule has 0 aliphatic heterocycles. The summed E-state index contributed by atoms with van der Waals surface area (Å²) in [5.41, 5.74) is -1.45. The second-order valence-corrected chi connectivity index (χ2v) is 2.29. The molecule has 0 saturated heterocycles. The van der Waals surface area contributed by atoms with Gasteiger partial charge in [-0.2, -0.15) is 0 Å². The van der Waals surface area contributed by atoms with Crippen LogP contribution in [0.15, 0.2) is 18.2 Å². The van der Waals surface area contributed by atoms with Gasteiger partial charge < -0.3 is 0 Å². The van der Waals surface area contributed by atoms with Crippen LogP contribution in [0.25, 0.3) is 4.98 Å². The van der Waals surface area contributed by atoms with Crippen molar-refractivity contribution in [1.82, 2.24) is 0 Å². The fourth-order valence-corrected chi connectivity index (χ4v) is 0.875. The molecule has 8 heteroatoms. The molecule has 0 unspecified atom stereocenters. The molecular weight excluding hydrogens is 192 g/mol. The first-order valence-corrected chi connectivity index (χ1v) is 3.34. The van der Waals surface area contributed by atoms with Crippen LogP contribution in [0.3, 0.4) is 0 Å². The molecular formula is C6H3N4O4+. The topological polar surface area (TPSA) is 114 Å². The van der Waals surface area contributed by atoms with Crippen molar-refractivity contribution in [3.05, 3.63) is 43.4 Å². The Morgan fingerprint density at radius 2 is 1.71 bits per heavy atom. The monoisotopic (exact) mass is 195 g/mol. The van der Waals surface area contributed by atoms with Crippen LogP contribution in [0.2, 0.25) is 0 Å². The van der Waals surface area contributed by atoms with E-state index in [2.05, 4.69) is 4.98 Å². The quantitative estimate of drug-likeness (QED) is 0.406. The number of nitro groups is 2. The highest BCUT2D eigenvalue weighted by Crippen LogP contribution is 2.30. The van der Waals surface area contributed by atoms with Gasteiger partial charge in [-0.3, -0.25) is 20.2 Å². The minimum atomic E-state index is -0.910. The molecule has 8 nitrogen and oxygen atoms in total. The Morgan fingerprint density at radius 1 is 1.14 bits per heavy atom. The van der Waals surface area contributed by atoms with E-state index in [0.717, 1.165) is 18.2 Å². The number of nitro benzene ring substituents is 2. The van der Waals surface area contributed by atoms with Crippen LogP contribution >= 0.6 is 0 Å². The van der Waals surface area contributed by atoms with E-state index < -0.39 is 21.2 Å². The number of hydrogen-bond acceptors (Lipinski definition) is 5. The molecule has 0 spiro atoms. The Bertz CT molecular complexity index is 450. The van der Waals surface area contributed by atoms with E-state index >= 15 is 0 Å². The molecule has 70 valence electrons. The van der Waals surface area contributed by atoms with E-state index in [1.807, 2.05) is 0 Å². The van der Waals surface area contributed by atoms with Crippen LogP contribution in [0.1, 0.15) is 0 Å². The normalized spacial score (nSPS) is 9.07. The largest absolute Gasteiger partial charge is 0.392 e. The number of hydrogen-bond donors (Lipinski definition) is 0. The first kappa shape index (κ1) is 9.53. The Hall–Kier alpha value is -2.56. The van der Waals surface area contributed by atoms with Crippen LogP contribution in [0.4, 0.5) is 17.1 Å². The average Bonchev–Trinajstić information content (AvgIpc) is 2.16. The van der Waals surface area contributed by atoms with Gasteiger partial charge in [0.15, 0.2) is 4.98 Å². The van der Waals surface area contributed by atoms with Gasteiger partial charge in [-0.15, -0.1) is 0 Å². The van der Waals surface area contributed by atoms with Crippen LogP contribution < -0.4 is 0 Å². The molecule has 0 aliphatic carbocycles. The molecule has 1 rings (SSSR count). The van der Waals surface area contributed by atoms with E-state index in [4.69, 9.17) is 5.39 Å². The lowest BCUT2D eigenvalue weighted by Crippen LogP contribution is -1.95. The Kier molecular flexibility index (Phi) is 2.34. The lowest BCUT2D eigenvalue weighted by molar-refractivity contribution is -0.422. The third-order valence-corrected chi connectivity index (χ3v) is 1.47. The summed E-state index contributed by atoms with van der Waals surface area (Å²) in [6.07, 6.45) is 0. The summed E-state index contributed by atoms with van der Waals surface area (Å²) in [6.45, 7) is 0. The van der Waals surface area contributed by atoms with Crippen molar-refractivity contribution in [1.29, 1.82) is 5.39 Å². The van der Waals surface area contributed by atoms with Gasteiger partial charge in [0.25, 0.3) is 0 Å². The van der Waals surface area contributed by atoms with E-state index in [9.17, 15) is 20.2 Å². The summed E-state index contributed by atoms with van der Waals surface area (Å²) in [6, 6.07) is 2.83. The van der Waals surface area contributed by atoms with Gasteiger partial charge >= 0.3 is 17.1 Å². The smallest absolute Gasteiger partial charge is 0.258 e. The highest BCUT2D eigenvalue weighted by molar-refractivity contribution is 5.62. The SMILES string of the molecule is N#[N+]c1ccc([N+](=O)[O-])c([N+](=O)[O-])c1. The zero-order valence-corrected chi connectivity index (χ0v) is 6.65. The van der Waals surface area contributed by atoms with Crippen LogP contribution in [-0.4, -0.2) is 9.85 Å². The minimum absolute atomic E-state index is 0.109. The highest BCUT2D eigenvalue weighted by Gasteiger charge is 2.27. The lowest BCUT2D eigenvalue weighted by atomic mass is 10.2. The van der Waals surface area contributed by atoms with Gasteiger partial charge in [0, 0.05) is 12.1 Å². The fourth-order valence-electron chi connectivity index (χ4n) is 0.875. The number of benzene rings is 1. The van der Waals surface area contributed by atoms with Crippen LogP contribution in [-0.2, 0) is 0 Å². The summed E-state index contributed by atoms with van der Waals surface area (Å²) in [4.78, 5) is 21.6. The summed E-state index contributed by atoms with van der Waals surface area (Å²) >= 11 is 0. The molecule has 14 heavy (non-hydrogen) atoms. The molecule has 0 bridgehead atoms. The van der Waals surface area contributed by atoms with Crippen molar-refractivity contribution in [3.63, 3.8) is 0 Å². The molecule has 0 amide bonds. The van der Waals surface area contributed by atoms with E-state index in [0.29, 0.717) is 0 Å². The van der Waals surface area contributed by atoms with Crippen molar-refractivity contribution in [2.24, 2.45) is 0 Å². The van der Waals surface area contributed by atoms with Crippen LogP contribution in [0.5, 0.6) is 0 Å². The third-order valence-electron chi connectivity index (χ3n) is 1.47. The number of diazo groups is 1.